The van der Waals surface area contributed by atoms with Crippen LogP contribution in [-0.4, -0.2) is 29.7 Å². The number of benzene rings is 2. The van der Waals surface area contributed by atoms with Gasteiger partial charge in [0.2, 0.25) is 0 Å². The largest absolute Gasteiger partial charge is 0.451 e. The number of carbonyl (C=O) groups is 2. The van der Waals surface area contributed by atoms with Crippen molar-refractivity contribution in [3.8, 4) is 0 Å². The Kier molecular flexibility index (Phi) is 4.71. The molecule has 4 rings (SSSR count). The van der Waals surface area contributed by atoms with Crippen molar-refractivity contribution < 1.29 is 22.8 Å². The number of halogens is 2. The van der Waals surface area contributed by atoms with E-state index >= 15 is 0 Å². The van der Waals surface area contributed by atoms with E-state index < -0.39 is 23.3 Å². The van der Waals surface area contributed by atoms with E-state index in [1.807, 2.05) is 31.2 Å². The van der Waals surface area contributed by atoms with E-state index in [0.29, 0.717) is 37.3 Å². The molecule has 1 amide bonds. The topological polar surface area (TPSA) is 50.5 Å². The molecular formula is C22H19F2NO3. The fraction of sp³-hybridized carbons (Fsp3) is 0.273. The van der Waals surface area contributed by atoms with Gasteiger partial charge in [-0.05, 0) is 44.0 Å². The molecule has 6 heteroatoms. The van der Waals surface area contributed by atoms with Gasteiger partial charge >= 0.3 is 0 Å². The second-order valence-corrected chi connectivity index (χ2v) is 7.11. The summed E-state index contributed by atoms with van der Waals surface area (Å²) >= 11 is 0. The lowest BCUT2D eigenvalue weighted by atomic mass is 9.88. The van der Waals surface area contributed by atoms with Crippen LogP contribution in [0.25, 0.3) is 11.0 Å². The molecule has 0 unspecified atom stereocenters. The summed E-state index contributed by atoms with van der Waals surface area (Å²) in [6.45, 7) is 2.58. The van der Waals surface area contributed by atoms with Crippen molar-refractivity contribution in [1.29, 1.82) is 0 Å². The molecule has 2 aromatic carbocycles. The van der Waals surface area contributed by atoms with Crippen LogP contribution in [0.2, 0.25) is 0 Å². The highest BCUT2D eigenvalue weighted by molar-refractivity contribution is 6.00. The normalized spacial score (nSPS) is 15.2. The van der Waals surface area contributed by atoms with Crippen LogP contribution >= 0.6 is 0 Å². The van der Waals surface area contributed by atoms with Crippen LogP contribution in [0.3, 0.4) is 0 Å². The molecule has 1 saturated heterocycles. The number of rotatable bonds is 3. The minimum atomic E-state index is -0.720. The molecule has 1 aliphatic rings. The van der Waals surface area contributed by atoms with Gasteiger partial charge in [-0.2, -0.15) is 0 Å². The highest BCUT2D eigenvalue weighted by Crippen LogP contribution is 2.29. The molecule has 0 saturated carbocycles. The zero-order valence-corrected chi connectivity index (χ0v) is 15.4. The summed E-state index contributed by atoms with van der Waals surface area (Å²) in [5.74, 6) is -2.11. The number of ketones is 1. The monoisotopic (exact) mass is 383 g/mol. The van der Waals surface area contributed by atoms with Crippen LogP contribution < -0.4 is 0 Å². The van der Waals surface area contributed by atoms with Crippen molar-refractivity contribution >= 4 is 22.7 Å². The quantitative estimate of drug-likeness (QED) is 0.613. The summed E-state index contributed by atoms with van der Waals surface area (Å²) in [6.07, 6.45) is 0.805. The van der Waals surface area contributed by atoms with Gasteiger partial charge in [-0.15, -0.1) is 0 Å². The molecule has 0 bridgehead atoms. The van der Waals surface area contributed by atoms with Gasteiger partial charge in [0.1, 0.15) is 17.2 Å². The molecule has 0 spiro atoms. The van der Waals surface area contributed by atoms with Crippen LogP contribution in [0, 0.1) is 24.5 Å². The lowest BCUT2D eigenvalue weighted by Crippen LogP contribution is -2.40. The Labute approximate surface area is 160 Å². The maximum atomic E-state index is 13.9. The van der Waals surface area contributed by atoms with Crippen molar-refractivity contribution in [3.63, 3.8) is 0 Å². The fourth-order valence-electron chi connectivity index (χ4n) is 3.77. The van der Waals surface area contributed by atoms with Gasteiger partial charge in [-0.1, -0.05) is 18.2 Å². The SMILES string of the molecule is Cc1c(C(=O)N2CCC(C(=O)c3cc(F)ccc3F)CC2)oc2ccccc12. The molecular weight excluding hydrogens is 364 g/mol. The maximum absolute atomic E-state index is 13.9. The Bertz CT molecular complexity index is 1060. The number of amides is 1. The number of piperidine rings is 1. The summed E-state index contributed by atoms with van der Waals surface area (Å²) in [7, 11) is 0. The number of Topliss-reactive ketones (excluding diaryl/α,β-unsaturated/α-hetero) is 1. The number of carbonyl (C=O) groups excluding carboxylic acids is 2. The number of para-hydroxylation sites is 1. The molecule has 0 aliphatic carbocycles. The lowest BCUT2D eigenvalue weighted by Gasteiger charge is -2.31. The van der Waals surface area contributed by atoms with Crippen LogP contribution in [0.1, 0.15) is 39.3 Å². The highest BCUT2D eigenvalue weighted by atomic mass is 19.1. The molecule has 0 radical (unpaired) electrons. The third-order valence-corrected chi connectivity index (χ3v) is 5.38. The van der Waals surface area contributed by atoms with Gasteiger partial charge < -0.3 is 9.32 Å². The molecule has 4 nitrogen and oxygen atoms in total. The Morgan fingerprint density at radius 3 is 2.50 bits per heavy atom. The van der Waals surface area contributed by atoms with E-state index in [-0.39, 0.29) is 11.5 Å². The smallest absolute Gasteiger partial charge is 0.289 e. The average molecular weight is 383 g/mol. The Morgan fingerprint density at radius 1 is 1.07 bits per heavy atom. The number of hydrogen-bond donors (Lipinski definition) is 0. The van der Waals surface area contributed by atoms with E-state index in [1.54, 1.807) is 4.90 Å². The molecule has 1 aromatic heterocycles. The first-order valence-electron chi connectivity index (χ1n) is 9.22. The third-order valence-electron chi connectivity index (χ3n) is 5.38. The van der Waals surface area contributed by atoms with Crippen molar-refractivity contribution in [2.24, 2.45) is 5.92 Å². The summed E-state index contributed by atoms with van der Waals surface area (Å²) in [5.41, 5.74) is 1.23. The van der Waals surface area contributed by atoms with Gasteiger partial charge in [0.05, 0.1) is 5.56 Å². The zero-order chi connectivity index (χ0) is 19.8. The molecule has 1 aliphatic heterocycles. The van der Waals surface area contributed by atoms with Gasteiger partial charge in [-0.25, -0.2) is 8.78 Å². The third kappa shape index (κ3) is 3.19. The lowest BCUT2D eigenvalue weighted by molar-refractivity contribution is 0.0624. The summed E-state index contributed by atoms with van der Waals surface area (Å²) in [5, 5.41) is 0.900. The van der Waals surface area contributed by atoms with Gasteiger partial charge in [0, 0.05) is 30.0 Å². The molecule has 144 valence electrons. The molecule has 3 aromatic rings. The Balaban J connectivity index is 1.47. The minimum absolute atomic E-state index is 0.212. The van der Waals surface area contributed by atoms with Crippen molar-refractivity contribution in [1.82, 2.24) is 4.90 Å². The Morgan fingerprint density at radius 2 is 1.79 bits per heavy atom. The predicted octanol–water partition coefficient (Wildman–Crippen LogP) is 4.75. The average Bonchev–Trinajstić information content (AvgIpc) is 3.06. The standard InChI is InChI=1S/C22H19F2NO3/c1-13-16-4-2-3-5-19(16)28-21(13)22(27)25-10-8-14(9-11-25)20(26)17-12-15(23)6-7-18(17)24/h2-7,12,14H,8-11H2,1H3. The number of fused-ring (bicyclic) bond motifs is 1. The van der Waals surface area contributed by atoms with E-state index in [2.05, 4.69) is 0 Å². The fourth-order valence-corrected chi connectivity index (χ4v) is 3.77. The maximum Gasteiger partial charge on any atom is 0.289 e. The van der Waals surface area contributed by atoms with Crippen molar-refractivity contribution in [2.75, 3.05) is 13.1 Å². The van der Waals surface area contributed by atoms with Crippen LogP contribution in [0.5, 0.6) is 0 Å². The minimum Gasteiger partial charge on any atom is -0.451 e. The predicted molar refractivity (Wildman–Crippen MR) is 100 cm³/mol. The first-order valence-corrected chi connectivity index (χ1v) is 9.22. The number of likely N-dealkylation sites (tertiary alicyclic amines) is 1. The van der Waals surface area contributed by atoms with E-state index in [4.69, 9.17) is 4.42 Å². The summed E-state index contributed by atoms with van der Waals surface area (Å²) < 4.78 is 33.0. The highest BCUT2D eigenvalue weighted by Gasteiger charge is 2.31. The first-order chi connectivity index (χ1) is 13.5. The van der Waals surface area contributed by atoms with Crippen molar-refractivity contribution in [3.05, 3.63) is 71.0 Å². The van der Waals surface area contributed by atoms with Crippen LogP contribution in [0.4, 0.5) is 8.78 Å². The molecule has 28 heavy (non-hydrogen) atoms. The number of furan rings is 1. The molecule has 2 heterocycles. The van der Waals surface area contributed by atoms with Crippen LogP contribution in [-0.2, 0) is 0 Å². The van der Waals surface area contributed by atoms with Gasteiger partial charge in [-0.3, -0.25) is 9.59 Å². The van der Waals surface area contributed by atoms with E-state index in [1.165, 1.54) is 0 Å². The second kappa shape index (κ2) is 7.19. The first kappa shape index (κ1) is 18.3. The molecule has 0 atom stereocenters. The zero-order valence-electron chi connectivity index (χ0n) is 15.4. The van der Waals surface area contributed by atoms with Gasteiger partial charge in [0.25, 0.3) is 5.91 Å². The summed E-state index contributed by atoms with van der Waals surface area (Å²) in [6, 6.07) is 10.4. The molecule has 1 fully saturated rings. The van der Waals surface area contributed by atoms with Crippen LogP contribution in [0.15, 0.2) is 46.9 Å². The van der Waals surface area contributed by atoms with Gasteiger partial charge in [0.15, 0.2) is 11.5 Å². The number of aryl methyl sites for hydroxylation is 1. The number of hydrogen-bond acceptors (Lipinski definition) is 3. The second-order valence-electron chi connectivity index (χ2n) is 7.11. The Hall–Kier alpha value is -3.02. The number of nitrogens with zero attached hydrogens (tertiary/aromatic N) is 1. The van der Waals surface area contributed by atoms with Crippen molar-refractivity contribution in [2.45, 2.75) is 19.8 Å². The summed E-state index contributed by atoms with van der Waals surface area (Å²) in [4.78, 5) is 27.1. The molecule has 0 N–H and O–H groups in total. The van der Waals surface area contributed by atoms with E-state index in [9.17, 15) is 18.4 Å². The van der Waals surface area contributed by atoms with E-state index in [0.717, 1.165) is 29.1 Å².